The maximum atomic E-state index is 12.2. The predicted octanol–water partition coefficient (Wildman–Crippen LogP) is 3.00. The van der Waals surface area contributed by atoms with Gasteiger partial charge >= 0.3 is 0 Å². The Balaban J connectivity index is 1.95. The van der Waals surface area contributed by atoms with E-state index in [9.17, 15) is 9.59 Å². The first-order valence-corrected chi connectivity index (χ1v) is 8.03. The van der Waals surface area contributed by atoms with Crippen molar-refractivity contribution in [3.63, 3.8) is 0 Å². The molecule has 1 aromatic carbocycles. The number of amides is 2. The van der Waals surface area contributed by atoms with Crippen LogP contribution >= 0.6 is 11.3 Å². The van der Waals surface area contributed by atoms with Crippen LogP contribution in [-0.2, 0) is 16.0 Å². The molecule has 120 valence electrons. The van der Waals surface area contributed by atoms with Gasteiger partial charge in [0, 0.05) is 16.8 Å². The van der Waals surface area contributed by atoms with Gasteiger partial charge < -0.3 is 10.6 Å². The number of aryl methyl sites for hydroxylation is 1. The molecule has 1 aromatic heterocycles. The molecule has 1 heterocycles. The van der Waals surface area contributed by atoms with Crippen LogP contribution in [0.4, 0.5) is 5.69 Å². The molecule has 2 aromatic rings. The lowest BCUT2D eigenvalue weighted by Gasteiger charge is -2.12. The van der Waals surface area contributed by atoms with E-state index in [2.05, 4.69) is 22.2 Å². The molecular formula is C17H19N3O2S. The Morgan fingerprint density at radius 1 is 1.43 bits per heavy atom. The first-order valence-electron chi connectivity index (χ1n) is 7.22. The monoisotopic (exact) mass is 329 g/mol. The second kappa shape index (κ2) is 7.69. The van der Waals surface area contributed by atoms with E-state index in [0.717, 1.165) is 15.4 Å². The first kappa shape index (κ1) is 16.9. The van der Waals surface area contributed by atoms with Gasteiger partial charge in [0.1, 0.15) is 5.01 Å². The van der Waals surface area contributed by atoms with Crippen molar-refractivity contribution in [3.8, 4) is 0 Å². The highest BCUT2D eigenvalue weighted by Crippen LogP contribution is 2.19. The van der Waals surface area contributed by atoms with Crippen LogP contribution in [0.25, 0.3) is 0 Å². The topological polar surface area (TPSA) is 71.1 Å². The number of thiazole rings is 1. The summed E-state index contributed by atoms with van der Waals surface area (Å²) in [4.78, 5) is 28.9. The van der Waals surface area contributed by atoms with Crippen molar-refractivity contribution in [2.75, 3.05) is 5.32 Å². The molecule has 0 fully saturated rings. The van der Waals surface area contributed by atoms with E-state index in [1.54, 1.807) is 35.7 Å². The third-order valence-corrected chi connectivity index (χ3v) is 4.23. The van der Waals surface area contributed by atoms with Crippen molar-refractivity contribution in [3.05, 3.63) is 58.6 Å². The third kappa shape index (κ3) is 5.03. The number of aromatic nitrogens is 1. The van der Waals surface area contributed by atoms with Crippen LogP contribution in [0.1, 0.15) is 28.4 Å². The fourth-order valence-corrected chi connectivity index (χ4v) is 2.84. The number of hydrogen-bond donors (Lipinski definition) is 2. The van der Waals surface area contributed by atoms with Crippen LogP contribution in [0.2, 0.25) is 0 Å². The summed E-state index contributed by atoms with van der Waals surface area (Å²) in [5, 5.41) is 6.50. The highest BCUT2D eigenvalue weighted by molar-refractivity contribution is 7.11. The van der Waals surface area contributed by atoms with Crippen LogP contribution < -0.4 is 10.6 Å². The van der Waals surface area contributed by atoms with Crippen molar-refractivity contribution in [1.29, 1.82) is 0 Å². The number of carbonyl (C=O) groups excluding carboxylic acids is 2. The lowest BCUT2D eigenvalue weighted by atomic mass is 10.1. The number of rotatable bonds is 6. The molecule has 0 bridgehead atoms. The highest BCUT2D eigenvalue weighted by atomic mass is 32.1. The fourth-order valence-electron chi connectivity index (χ4n) is 2.06. The quantitative estimate of drug-likeness (QED) is 0.800. The van der Waals surface area contributed by atoms with E-state index < -0.39 is 0 Å². The van der Waals surface area contributed by atoms with E-state index in [1.807, 2.05) is 19.9 Å². The van der Waals surface area contributed by atoms with Gasteiger partial charge in [0.05, 0.1) is 12.5 Å². The SMILES string of the molecule is C=CC(=O)Nc1cccc(CC(=O)NC(C)c2ncc(C)s2)c1. The van der Waals surface area contributed by atoms with E-state index >= 15 is 0 Å². The fraction of sp³-hybridized carbons (Fsp3) is 0.235. The third-order valence-electron chi connectivity index (χ3n) is 3.13. The second-order valence-electron chi connectivity index (χ2n) is 5.17. The molecule has 2 amide bonds. The lowest BCUT2D eigenvalue weighted by Crippen LogP contribution is -2.28. The molecule has 0 spiro atoms. The molecule has 0 aliphatic rings. The Kier molecular flexibility index (Phi) is 5.65. The molecule has 0 aliphatic carbocycles. The maximum absolute atomic E-state index is 12.2. The second-order valence-corrected chi connectivity index (χ2v) is 6.44. The minimum Gasteiger partial charge on any atom is -0.347 e. The zero-order valence-electron chi connectivity index (χ0n) is 13.1. The smallest absolute Gasteiger partial charge is 0.247 e. The van der Waals surface area contributed by atoms with Gasteiger partial charge in [-0.15, -0.1) is 11.3 Å². The molecule has 1 atom stereocenters. The summed E-state index contributed by atoms with van der Waals surface area (Å²) in [6.45, 7) is 7.31. The van der Waals surface area contributed by atoms with E-state index in [-0.39, 0.29) is 24.3 Å². The number of anilines is 1. The van der Waals surface area contributed by atoms with Crippen LogP contribution in [0, 0.1) is 6.92 Å². The highest BCUT2D eigenvalue weighted by Gasteiger charge is 2.13. The van der Waals surface area contributed by atoms with Crippen molar-refractivity contribution in [2.45, 2.75) is 26.3 Å². The number of benzene rings is 1. The van der Waals surface area contributed by atoms with Crippen LogP contribution in [0.5, 0.6) is 0 Å². The van der Waals surface area contributed by atoms with Gasteiger partial charge in [0.2, 0.25) is 11.8 Å². The summed E-state index contributed by atoms with van der Waals surface area (Å²) in [6.07, 6.45) is 3.25. The molecule has 6 heteroatoms. The summed E-state index contributed by atoms with van der Waals surface area (Å²) in [6, 6.07) is 7.07. The van der Waals surface area contributed by atoms with E-state index in [0.29, 0.717) is 5.69 Å². The Labute approximate surface area is 139 Å². The largest absolute Gasteiger partial charge is 0.347 e. The standard InChI is InChI=1S/C17H19N3O2S/c1-4-15(21)20-14-7-5-6-13(8-14)9-16(22)19-12(3)17-18-10-11(2)23-17/h4-8,10,12H,1,9H2,2-3H3,(H,19,22)(H,20,21). The molecular weight excluding hydrogens is 310 g/mol. The van der Waals surface area contributed by atoms with Gasteiger partial charge in [0.15, 0.2) is 0 Å². The normalized spacial score (nSPS) is 11.6. The predicted molar refractivity (Wildman–Crippen MR) is 92.4 cm³/mol. The zero-order chi connectivity index (χ0) is 16.8. The first-order chi connectivity index (χ1) is 11.0. The van der Waals surface area contributed by atoms with Crippen molar-refractivity contribution in [1.82, 2.24) is 10.3 Å². The van der Waals surface area contributed by atoms with Gasteiger partial charge in [-0.2, -0.15) is 0 Å². The summed E-state index contributed by atoms with van der Waals surface area (Å²) < 4.78 is 0. The van der Waals surface area contributed by atoms with E-state index in [4.69, 9.17) is 0 Å². The molecule has 0 saturated carbocycles. The average molecular weight is 329 g/mol. The molecule has 23 heavy (non-hydrogen) atoms. The minimum atomic E-state index is -0.278. The zero-order valence-corrected chi connectivity index (χ0v) is 13.9. The molecule has 0 aliphatic heterocycles. The van der Waals surface area contributed by atoms with Gasteiger partial charge in [-0.3, -0.25) is 9.59 Å². The Morgan fingerprint density at radius 2 is 2.22 bits per heavy atom. The van der Waals surface area contributed by atoms with Crippen molar-refractivity contribution in [2.24, 2.45) is 0 Å². The van der Waals surface area contributed by atoms with Crippen LogP contribution in [0.3, 0.4) is 0 Å². The molecule has 1 unspecified atom stereocenters. The average Bonchev–Trinajstić information content (AvgIpc) is 2.94. The Bertz CT molecular complexity index is 724. The summed E-state index contributed by atoms with van der Waals surface area (Å²) >= 11 is 1.57. The van der Waals surface area contributed by atoms with Crippen molar-refractivity contribution < 1.29 is 9.59 Å². The van der Waals surface area contributed by atoms with Crippen LogP contribution in [-0.4, -0.2) is 16.8 Å². The van der Waals surface area contributed by atoms with Crippen molar-refractivity contribution >= 4 is 28.8 Å². The lowest BCUT2D eigenvalue weighted by molar-refractivity contribution is -0.121. The van der Waals surface area contributed by atoms with Crippen LogP contribution in [0.15, 0.2) is 43.1 Å². The van der Waals surface area contributed by atoms with Gasteiger partial charge in [-0.05, 0) is 37.6 Å². The summed E-state index contributed by atoms with van der Waals surface area (Å²) in [5.74, 6) is -0.364. The molecule has 5 nitrogen and oxygen atoms in total. The summed E-state index contributed by atoms with van der Waals surface area (Å²) in [7, 11) is 0. The molecule has 2 rings (SSSR count). The molecule has 0 radical (unpaired) electrons. The Morgan fingerprint density at radius 3 is 2.87 bits per heavy atom. The van der Waals surface area contributed by atoms with Gasteiger partial charge in [-0.25, -0.2) is 4.98 Å². The number of carbonyl (C=O) groups is 2. The summed E-state index contributed by atoms with van der Waals surface area (Å²) in [5.41, 5.74) is 1.47. The van der Waals surface area contributed by atoms with E-state index in [1.165, 1.54) is 6.08 Å². The number of hydrogen-bond acceptors (Lipinski definition) is 4. The minimum absolute atomic E-state index is 0.0856. The van der Waals surface area contributed by atoms with Gasteiger partial charge in [0.25, 0.3) is 0 Å². The number of nitrogens with zero attached hydrogens (tertiary/aromatic N) is 1. The molecule has 2 N–H and O–H groups in total. The van der Waals surface area contributed by atoms with Gasteiger partial charge in [-0.1, -0.05) is 18.7 Å². The maximum Gasteiger partial charge on any atom is 0.247 e. The number of nitrogens with one attached hydrogen (secondary N) is 2. The Hall–Kier alpha value is -2.47. The molecule has 0 saturated heterocycles.